The topological polar surface area (TPSA) is 70.7 Å². The number of amides is 1. The molecule has 0 aliphatic carbocycles. The highest BCUT2D eigenvalue weighted by Crippen LogP contribution is 2.36. The Bertz CT molecular complexity index is 916. The van der Waals surface area contributed by atoms with Gasteiger partial charge in [0.15, 0.2) is 5.65 Å². The van der Waals surface area contributed by atoms with Gasteiger partial charge in [-0.15, -0.1) is 0 Å². The van der Waals surface area contributed by atoms with Gasteiger partial charge in [0.1, 0.15) is 11.3 Å². The van der Waals surface area contributed by atoms with Crippen molar-refractivity contribution in [3.8, 4) is 5.75 Å². The highest BCUT2D eigenvalue weighted by molar-refractivity contribution is 6.10. The largest absolute Gasteiger partial charge is 0.506 e. The lowest BCUT2D eigenvalue weighted by Crippen LogP contribution is -2.35. The molecule has 6 nitrogen and oxygen atoms in total. The summed E-state index contributed by atoms with van der Waals surface area (Å²) in [6, 6.07) is 7.22. The Morgan fingerprint density at radius 1 is 1.30 bits per heavy atom. The maximum Gasteiger partial charge on any atom is 0.263 e. The molecule has 1 amide bonds. The van der Waals surface area contributed by atoms with Crippen LogP contribution >= 0.6 is 0 Å². The molecule has 1 aliphatic rings. The van der Waals surface area contributed by atoms with Crippen LogP contribution in [0.1, 0.15) is 28.0 Å². The Morgan fingerprint density at radius 3 is 3.04 bits per heavy atom. The fourth-order valence-corrected chi connectivity index (χ4v) is 3.09. The number of hydrogen-bond acceptors (Lipinski definition) is 4. The molecule has 116 valence electrons. The van der Waals surface area contributed by atoms with Gasteiger partial charge in [0.2, 0.25) is 0 Å². The summed E-state index contributed by atoms with van der Waals surface area (Å²) in [7, 11) is 0. The van der Waals surface area contributed by atoms with Crippen molar-refractivity contribution in [1.29, 1.82) is 0 Å². The summed E-state index contributed by atoms with van der Waals surface area (Å²) >= 11 is 0. The summed E-state index contributed by atoms with van der Waals surface area (Å²) in [5.41, 5.74) is 3.41. The van der Waals surface area contributed by atoms with Crippen LogP contribution < -0.4 is 4.90 Å². The van der Waals surface area contributed by atoms with Crippen molar-refractivity contribution in [1.82, 2.24) is 14.6 Å². The van der Waals surface area contributed by atoms with Crippen molar-refractivity contribution in [2.75, 3.05) is 11.4 Å². The van der Waals surface area contributed by atoms with E-state index in [4.69, 9.17) is 0 Å². The Morgan fingerprint density at radius 2 is 2.17 bits per heavy atom. The first kappa shape index (κ1) is 13.8. The minimum atomic E-state index is -0.180. The lowest BCUT2D eigenvalue weighted by atomic mass is 10.0. The van der Waals surface area contributed by atoms with Crippen LogP contribution in [0.25, 0.3) is 5.65 Å². The van der Waals surface area contributed by atoms with Crippen LogP contribution in [0.4, 0.5) is 5.69 Å². The van der Waals surface area contributed by atoms with Gasteiger partial charge < -0.3 is 10.0 Å². The second kappa shape index (κ2) is 5.08. The van der Waals surface area contributed by atoms with Crippen molar-refractivity contribution >= 4 is 17.2 Å². The molecule has 0 saturated carbocycles. The number of anilines is 1. The number of aromatic nitrogens is 3. The van der Waals surface area contributed by atoms with Gasteiger partial charge in [0.25, 0.3) is 5.91 Å². The van der Waals surface area contributed by atoms with E-state index in [1.807, 2.05) is 25.1 Å². The van der Waals surface area contributed by atoms with Crippen molar-refractivity contribution in [2.45, 2.75) is 19.8 Å². The normalized spacial score (nSPS) is 14.0. The number of phenolic OH excluding ortho intramolecular Hbond substituents is 1. The van der Waals surface area contributed by atoms with Crippen LogP contribution in [0, 0.1) is 6.92 Å². The molecular weight excluding hydrogens is 292 g/mol. The average molecular weight is 308 g/mol. The zero-order chi connectivity index (χ0) is 16.0. The summed E-state index contributed by atoms with van der Waals surface area (Å²) in [5, 5.41) is 14.4. The van der Waals surface area contributed by atoms with E-state index in [9.17, 15) is 9.90 Å². The Hall–Kier alpha value is -2.89. The molecule has 23 heavy (non-hydrogen) atoms. The van der Waals surface area contributed by atoms with E-state index >= 15 is 0 Å². The van der Waals surface area contributed by atoms with E-state index in [0.29, 0.717) is 23.4 Å². The molecule has 3 heterocycles. The number of hydrogen-bond donors (Lipinski definition) is 1. The molecule has 0 unspecified atom stereocenters. The summed E-state index contributed by atoms with van der Waals surface area (Å²) in [4.78, 5) is 19.1. The summed E-state index contributed by atoms with van der Waals surface area (Å²) in [5.74, 6) is -0.0447. The van der Waals surface area contributed by atoms with Gasteiger partial charge >= 0.3 is 0 Å². The number of aromatic hydroxyl groups is 1. The highest BCUT2D eigenvalue weighted by Gasteiger charge is 2.28. The van der Waals surface area contributed by atoms with E-state index in [1.165, 1.54) is 0 Å². The zero-order valence-electron chi connectivity index (χ0n) is 12.7. The molecule has 0 radical (unpaired) electrons. The first-order chi connectivity index (χ1) is 11.1. The predicted octanol–water partition coefficient (Wildman–Crippen LogP) is 2.34. The van der Waals surface area contributed by atoms with Crippen molar-refractivity contribution in [2.24, 2.45) is 0 Å². The van der Waals surface area contributed by atoms with Gasteiger partial charge in [-0.25, -0.2) is 9.50 Å². The third-order valence-electron chi connectivity index (χ3n) is 4.18. The fourth-order valence-electron chi connectivity index (χ4n) is 3.09. The Kier molecular flexibility index (Phi) is 3.04. The number of fused-ring (bicyclic) bond motifs is 2. The molecule has 0 fully saturated rings. The molecule has 0 bridgehead atoms. The van der Waals surface area contributed by atoms with Crippen LogP contribution in [0.3, 0.4) is 0 Å². The number of rotatable bonds is 1. The van der Waals surface area contributed by atoms with Crippen LogP contribution in [0.2, 0.25) is 0 Å². The lowest BCUT2D eigenvalue weighted by molar-refractivity contribution is 0.0985. The van der Waals surface area contributed by atoms with E-state index in [0.717, 1.165) is 24.1 Å². The molecule has 1 aromatic carbocycles. The smallest absolute Gasteiger partial charge is 0.263 e. The van der Waals surface area contributed by atoms with Crippen molar-refractivity contribution < 1.29 is 9.90 Å². The maximum absolute atomic E-state index is 13.0. The number of nitrogens with zero attached hydrogens (tertiary/aromatic N) is 4. The monoisotopic (exact) mass is 308 g/mol. The molecule has 1 N–H and O–H groups in total. The number of benzene rings is 1. The Balaban J connectivity index is 1.83. The quantitative estimate of drug-likeness (QED) is 0.749. The molecule has 0 spiro atoms. The SMILES string of the molecule is Cc1ccn2ncc(C(=O)N3CCCc4cccc(O)c43)c2n1. The van der Waals surface area contributed by atoms with E-state index < -0.39 is 0 Å². The minimum absolute atomic E-state index is 0.135. The summed E-state index contributed by atoms with van der Waals surface area (Å²) in [6.45, 7) is 2.45. The summed E-state index contributed by atoms with van der Waals surface area (Å²) in [6.07, 6.45) is 5.06. The third-order valence-corrected chi connectivity index (χ3v) is 4.18. The van der Waals surface area contributed by atoms with Gasteiger partial charge in [-0.2, -0.15) is 5.10 Å². The van der Waals surface area contributed by atoms with Crippen LogP contribution in [-0.2, 0) is 6.42 Å². The molecule has 6 heteroatoms. The lowest BCUT2D eigenvalue weighted by Gasteiger charge is -2.29. The third kappa shape index (κ3) is 2.14. The Labute approximate surface area is 133 Å². The van der Waals surface area contributed by atoms with Crippen LogP contribution in [0.15, 0.2) is 36.7 Å². The first-order valence-electron chi connectivity index (χ1n) is 7.59. The number of para-hydroxylation sites is 1. The highest BCUT2D eigenvalue weighted by atomic mass is 16.3. The van der Waals surface area contributed by atoms with Crippen LogP contribution in [0.5, 0.6) is 5.75 Å². The fraction of sp³-hybridized carbons (Fsp3) is 0.235. The van der Waals surface area contributed by atoms with E-state index in [2.05, 4.69) is 10.1 Å². The number of phenols is 1. The predicted molar refractivity (Wildman–Crippen MR) is 85.8 cm³/mol. The maximum atomic E-state index is 13.0. The summed E-state index contributed by atoms with van der Waals surface area (Å²) < 4.78 is 1.59. The second-order valence-electron chi connectivity index (χ2n) is 5.74. The zero-order valence-corrected chi connectivity index (χ0v) is 12.7. The number of carbonyl (C=O) groups is 1. The molecule has 2 aromatic heterocycles. The first-order valence-corrected chi connectivity index (χ1v) is 7.59. The average Bonchev–Trinajstić information content (AvgIpc) is 2.97. The van der Waals surface area contributed by atoms with Crippen molar-refractivity contribution in [3.05, 3.63) is 53.5 Å². The van der Waals surface area contributed by atoms with Crippen molar-refractivity contribution in [3.63, 3.8) is 0 Å². The van der Waals surface area contributed by atoms with Gasteiger partial charge in [-0.1, -0.05) is 12.1 Å². The molecule has 1 aliphatic heterocycles. The second-order valence-corrected chi connectivity index (χ2v) is 5.74. The molecule has 4 rings (SSSR count). The molecule has 0 atom stereocenters. The van der Waals surface area contributed by atoms with Gasteiger partial charge in [-0.05, 0) is 37.5 Å². The van der Waals surface area contributed by atoms with E-state index in [-0.39, 0.29) is 11.7 Å². The number of aryl methyl sites for hydroxylation is 2. The minimum Gasteiger partial charge on any atom is -0.506 e. The van der Waals surface area contributed by atoms with Gasteiger partial charge in [0, 0.05) is 18.4 Å². The van der Waals surface area contributed by atoms with E-state index in [1.54, 1.807) is 27.9 Å². The van der Waals surface area contributed by atoms with Gasteiger partial charge in [0.05, 0.1) is 11.9 Å². The molecule has 3 aromatic rings. The number of carbonyl (C=O) groups excluding carboxylic acids is 1. The van der Waals surface area contributed by atoms with Gasteiger partial charge in [-0.3, -0.25) is 4.79 Å². The standard InChI is InChI=1S/C17H16N4O2/c1-11-7-9-21-16(19-11)13(10-18-21)17(23)20-8-3-5-12-4-2-6-14(22)15(12)20/h2,4,6-7,9-10,22H,3,5,8H2,1H3. The molecule has 0 saturated heterocycles. The van der Waals surface area contributed by atoms with Crippen LogP contribution in [-0.4, -0.2) is 32.2 Å². The molecular formula is C17H16N4O2.